The van der Waals surface area contributed by atoms with Crippen LogP contribution in [0, 0.1) is 6.92 Å². The molecule has 4 nitrogen and oxygen atoms in total. The summed E-state index contributed by atoms with van der Waals surface area (Å²) in [5, 5.41) is 3.69. The first-order valence-electron chi connectivity index (χ1n) is 7.39. The average Bonchev–Trinajstić information content (AvgIpc) is 2.86. The molecule has 0 amide bonds. The van der Waals surface area contributed by atoms with E-state index in [1.54, 1.807) is 10.4 Å². The van der Waals surface area contributed by atoms with Gasteiger partial charge in [-0.25, -0.2) is 8.42 Å². The van der Waals surface area contributed by atoms with Crippen LogP contribution in [0.15, 0.2) is 17.0 Å². The summed E-state index contributed by atoms with van der Waals surface area (Å²) in [7, 11) is -3.47. The molecule has 0 spiro atoms. The third-order valence-electron chi connectivity index (χ3n) is 4.08. The second kappa shape index (κ2) is 6.65. The topological polar surface area (TPSA) is 49.4 Å². The predicted octanol–water partition coefficient (Wildman–Crippen LogP) is 2.93. The van der Waals surface area contributed by atoms with Crippen LogP contribution in [0.4, 0.5) is 0 Å². The maximum atomic E-state index is 12.9. The van der Waals surface area contributed by atoms with Crippen LogP contribution in [0.5, 0.6) is 0 Å². The van der Waals surface area contributed by atoms with Gasteiger partial charge in [-0.05, 0) is 56.5 Å². The summed E-state index contributed by atoms with van der Waals surface area (Å²) in [5.74, 6) is 0. The van der Waals surface area contributed by atoms with Crippen molar-refractivity contribution in [3.8, 4) is 0 Å². The van der Waals surface area contributed by atoms with Gasteiger partial charge in [0, 0.05) is 24.2 Å². The van der Waals surface area contributed by atoms with Gasteiger partial charge in [-0.15, -0.1) is 0 Å². The number of nitrogens with zero attached hydrogens (tertiary/aromatic N) is 1. The van der Waals surface area contributed by atoms with E-state index in [4.69, 9.17) is 11.6 Å². The highest BCUT2D eigenvalue weighted by molar-refractivity contribution is 7.89. The Hall–Kier alpha value is -0.620. The van der Waals surface area contributed by atoms with Crippen molar-refractivity contribution >= 4 is 21.6 Å². The molecule has 21 heavy (non-hydrogen) atoms. The molecule has 1 atom stereocenters. The molecule has 2 rings (SSSR count). The molecule has 1 aliphatic rings. The molecule has 0 radical (unpaired) electrons. The largest absolute Gasteiger partial charge is 0.313 e. The molecule has 0 aliphatic carbocycles. The number of nitrogens with one attached hydrogen (secondary N) is 1. The molecule has 1 fully saturated rings. The van der Waals surface area contributed by atoms with Gasteiger partial charge in [0.2, 0.25) is 10.0 Å². The predicted molar refractivity (Wildman–Crippen MR) is 86.2 cm³/mol. The van der Waals surface area contributed by atoms with Gasteiger partial charge in [0.1, 0.15) is 0 Å². The Bertz CT molecular complexity index is 616. The molecule has 0 bridgehead atoms. The Balaban J connectivity index is 2.45. The molecule has 6 heteroatoms. The van der Waals surface area contributed by atoms with E-state index in [1.165, 1.54) is 0 Å². The quantitative estimate of drug-likeness (QED) is 0.903. The molecular formula is C15H23ClN2O2S. The van der Waals surface area contributed by atoms with Crippen molar-refractivity contribution in [2.45, 2.75) is 51.1 Å². The maximum absolute atomic E-state index is 12.9. The lowest BCUT2D eigenvalue weighted by molar-refractivity contribution is 0.408. The van der Waals surface area contributed by atoms with Crippen LogP contribution in [-0.2, 0) is 16.6 Å². The first kappa shape index (κ1) is 16.7. The van der Waals surface area contributed by atoms with Crippen molar-refractivity contribution in [1.82, 2.24) is 9.62 Å². The van der Waals surface area contributed by atoms with E-state index in [-0.39, 0.29) is 6.04 Å². The van der Waals surface area contributed by atoms with Gasteiger partial charge in [-0.2, -0.15) is 4.31 Å². The number of hydrogen-bond acceptors (Lipinski definition) is 3. The van der Waals surface area contributed by atoms with Gasteiger partial charge in [0.05, 0.1) is 4.90 Å². The third kappa shape index (κ3) is 3.42. The van der Waals surface area contributed by atoms with Crippen LogP contribution in [0.3, 0.4) is 0 Å². The van der Waals surface area contributed by atoms with E-state index in [9.17, 15) is 8.42 Å². The summed E-state index contributed by atoms with van der Waals surface area (Å²) < 4.78 is 27.4. The van der Waals surface area contributed by atoms with Crippen molar-refractivity contribution in [2.75, 3.05) is 13.1 Å². The standard InChI is InChI=1S/C15H23ClN2O2S/c1-4-17-10-13-8-14(16)9-15(12(13)3)21(19,20)18-7-5-6-11(18)2/h8-9,11,17H,4-7,10H2,1-3H3. The Morgan fingerprint density at radius 2 is 2.14 bits per heavy atom. The maximum Gasteiger partial charge on any atom is 0.243 e. The van der Waals surface area contributed by atoms with Crippen LogP contribution < -0.4 is 5.32 Å². The Kier molecular flexibility index (Phi) is 5.30. The van der Waals surface area contributed by atoms with Gasteiger partial charge < -0.3 is 5.32 Å². The average molecular weight is 331 g/mol. The van der Waals surface area contributed by atoms with Crippen LogP contribution in [0.25, 0.3) is 0 Å². The Morgan fingerprint density at radius 3 is 2.71 bits per heavy atom. The fraction of sp³-hybridized carbons (Fsp3) is 0.600. The van der Waals surface area contributed by atoms with Crippen molar-refractivity contribution < 1.29 is 8.42 Å². The van der Waals surface area contributed by atoms with E-state index < -0.39 is 10.0 Å². The summed E-state index contributed by atoms with van der Waals surface area (Å²) in [5.41, 5.74) is 1.73. The lowest BCUT2D eigenvalue weighted by Crippen LogP contribution is -2.34. The second-order valence-corrected chi connectivity index (χ2v) is 7.87. The van der Waals surface area contributed by atoms with Gasteiger partial charge >= 0.3 is 0 Å². The zero-order chi connectivity index (χ0) is 15.6. The monoisotopic (exact) mass is 330 g/mol. The first-order valence-corrected chi connectivity index (χ1v) is 9.21. The van der Waals surface area contributed by atoms with Crippen molar-refractivity contribution in [3.05, 3.63) is 28.3 Å². The van der Waals surface area contributed by atoms with Gasteiger partial charge in [0.15, 0.2) is 0 Å². The number of benzene rings is 1. The van der Waals surface area contributed by atoms with Gasteiger partial charge in [-0.3, -0.25) is 0 Å². The van der Waals surface area contributed by atoms with Crippen LogP contribution in [0.2, 0.25) is 5.02 Å². The highest BCUT2D eigenvalue weighted by Gasteiger charge is 2.34. The normalized spacial score (nSPS) is 20.1. The van der Waals surface area contributed by atoms with Gasteiger partial charge in [-0.1, -0.05) is 18.5 Å². The molecule has 0 saturated carbocycles. The zero-order valence-corrected chi connectivity index (χ0v) is 14.4. The minimum Gasteiger partial charge on any atom is -0.313 e. The van der Waals surface area contributed by atoms with Gasteiger partial charge in [0.25, 0.3) is 0 Å². The van der Waals surface area contributed by atoms with Crippen molar-refractivity contribution in [2.24, 2.45) is 0 Å². The minimum atomic E-state index is -3.47. The summed E-state index contributed by atoms with van der Waals surface area (Å²) >= 11 is 6.14. The molecule has 0 aromatic heterocycles. The minimum absolute atomic E-state index is 0.0607. The SMILES string of the molecule is CCNCc1cc(Cl)cc(S(=O)(=O)N2CCCC2C)c1C. The summed E-state index contributed by atoms with van der Waals surface area (Å²) in [6.45, 7) is 7.89. The molecule has 118 valence electrons. The Morgan fingerprint density at radius 1 is 1.43 bits per heavy atom. The van der Waals surface area contributed by atoms with Crippen LogP contribution >= 0.6 is 11.6 Å². The van der Waals surface area contributed by atoms with E-state index in [0.29, 0.717) is 23.0 Å². The molecular weight excluding hydrogens is 308 g/mol. The van der Waals surface area contributed by atoms with E-state index in [1.807, 2.05) is 26.8 Å². The van der Waals surface area contributed by atoms with E-state index in [0.717, 1.165) is 30.5 Å². The number of rotatable bonds is 5. The molecule has 1 heterocycles. The smallest absolute Gasteiger partial charge is 0.243 e. The number of halogens is 1. The summed E-state index contributed by atoms with van der Waals surface area (Å²) in [6, 6.07) is 3.48. The number of hydrogen-bond donors (Lipinski definition) is 1. The summed E-state index contributed by atoms with van der Waals surface area (Å²) in [4.78, 5) is 0.344. The molecule has 1 N–H and O–H groups in total. The molecule has 1 aromatic rings. The molecule has 1 aromatic carbocycles. The third-order valence-corrected chi connectivity index (χ3v) is 6.43. The highest BCUT2D eigenvalue weighted by atomic mass is 35.5. The lowest BCUT2D eigenvalue weighted by Gasteiger charge is -2.23. The molecule has 1 saturated heterocycles. The van der Waals surface area contributed by atoms with Crippen molar-refractivity contribution in [1.29, 1.82) is 0 Å². The van der Waals surface area contributed by atoms with E-state index in [2.05, 4.69) is 5.32 Å². The second-order valence-electron chi connectivity index (χ2n) is 5.58. The number of sulfonamides is 1. The fourth-order valence-corrected chi connectivity index (χ4v) is 5.11. The first-order chi connectivity index (χ1) is 9.87. The van der Waals surface area contributed by atoms with Crippen LogP contribution in [-0.4, -0.2) is 31.9 Å². The van der Waals surface area contributed by atoms with Crippen LogP contribution in [0.1, 0.15) is 37.8 Å². The van der Waals surface area contributed by atoms with Crippen molar-refractivity contribution in [3.63, 3.8) is 0 Å². The Labute approximate surface area is 132 Å². The lowest BCUT2D eigenvalue weighted by atomic mass is 10.1. The zero-order valence-electron chi connectivity index (χ0n) is 12.8. The van der Waals surface area contributed by atoms with E-state index >= 15 is 0 Å². The fourth-order valence-electron chi connectivity index (χ4n) is 2.81. The molecule has 1 aliphatic heterocycles. The molecule has 1 unspecified atom stereocenters. The summed E-state index contributed by atoms with van der Waals surface area (Å²) in [6.07, 6.45) is 1.84. The highest BCUT2D eigenvalue weighted by Crippen LogP contribution is 2.31.